The van der Waals surface area contributed by atoms with Crippen LogP contribution in [0.3, 0.4) is 0 Å². The molecule has 1 aromatic heterocycles. The fraction of sp³-hybridized carbons (Fsp3) is 0.0833. The average molecular weight is 348 g/mol. The van der Waals surface area contributed by atoms with Crippen LogP contribution in [0.4, 0.5) is 0 Å². The average Bonchev–Trinajstić information content (AvgIpc) is 2.33. The maximum atomic E-state index is 11.9. The number of rotatable bonds is 3. The Morgan fingerprint density at radius 3 is 2.45 bits per heavy atom. The summed E-state index contributed by atoms with van der Waals surface area (Å²) in [4.78, 5) is 23.1. The monoisotopic (exact) mass is 347 g/mol. The molecule has 0 saturated heterocycles. The Morgan fingerprint density at radius 1 is 1.35 bits per heavy atom. The van der Waals surface area contributed by atoms with Gasteiger partial charge in [0.1, 0.15) is 6.54 Å². The summed E-state index contributed by atoms with van der Waals surface area (Å²) in [6.45, 7) is -0.468. The summed E-state index contributed by atoms with van der Waals surface area (Å²) in [5.41, 5.74) is 0.0219. The Bertz CT molecular complexity index is 747. The van der Waals surface area contributed by atoms with E-state index in [1.807, 2.05) is 0 Å². The van der Waals surface area contributed by atoms with Crippen molar-refractivity contribution in [2.45, 2.75) is 6.54 Å². The molecule has 0 fully saturated rings. The van der Waals surface area contributed by atoms with Crippen molar-refractivity contribution < 1.29 is 9.90 Å². The van der Waals surface area contributed by atoms with E-state index in [-0.39, 0.29) is 3.95 Å². The Labute approximate surface area is 132 Å². The van der Waals surface area contributed by atoms with E-state index < -0.39 is 18.1 Å². The predicted molar refractivity (Wildman–Crippen MR) is 82.5 cm³/mol. The van der Waals surface area contributed by atoms with Gasteiger partial charge in [0.25, 0.3) is 5.56 Å². The number of carboxylic acids is 1. The minimum absolute atomic E-state index is 0.158. The van der Waals surface area contributed by atoms with Crippen LogP contribution >= 0.6 is 46.8 Å². The van der Waals surface area contributed by atoms with E-state index in [0.717, 1.165) is 15.9 Å². The van der Waals surface area contributed by atoms with E-state index in [1.54, 1.807) is 18.2 Å². The van der Waals surface area contributed by atoms with E-state index in [0.29, 0.717) is 20.5 Å². The fourth-order valence-corrected chi connectivity index (χ4v) is 3.66. The van der Waals surface area contributed by atoms with Gasteiger partial charge in [-0.05, 0) is 24.4 Å². The first kappa shape index (κ1) is 15.2. The minimum atomic E-state index is -1.13. The first-order valence-electron chi connectivity index (χ1n) is 5.31. The number of halogens is 2. The van der Waals surface area contributed by atoms with Gasteiger partial charge >= 0.3 is 5.97 Å². The summed E-state index contributed by atoms with van der Waals surface area (Å²) in [5.74, 6) is -1.13. The summed E-state index contributed by atoms with van der Waals surface area (Å²) in [6, 6.07) is 6.29. The Kier molecular flexibility index (Phi) is 4.59. The lowest BCUT2D eigenvalue weighted by Gasteiger charge is -2.08. The van der Waals surface area contributed by atoms with Gasteiger partial charge in [0.2, 0.25) is 0 Å². The van der Waals surface area contributed by atoms with Gasteiger partial charge < -0.3 is 5.11 Å². The van der Waals surface area contributed by atoms with Crippen molar-refractivity contribution in [3.63, 3.8) is 0 Å². The maximum Gasteiger partial charge on any atom is 0.323 e. The molecule has 2 rings (SSSR count). The quantitative estimate of drug-likeness (QED) is 0.860. The fourth-order valence-electron chi connectivity index (χ4n) is 1.59. The molecule has 0 saturated carbocycles. The third kappa shape index (κ3) is 3.09. The van der Waals surface area contributed by atoms with E-state index in [1.165, 1.54) is 6.07 Å². The van der Waals surface area contributed by atoms with Crippen molar-refractivity contribution in [1.82, 2.24) is 4.57 Å². The summed E-state index contributed by atoms with van der Waals surface area (Å²) in [7, 11) is 0. The second kappa shape index (κ2) is 6.05. The number of carboxylic acid groups (broad SMARTS) is 1. The zero-order valence-electron chi connectivity index (χ0n) is 9.80. The van der Waals surface area contributed by atoms with Gasteiger partial charge in [0, 0.05) is 16.5 Å². The second-order valence-corrected chi connectivity index (χ2v) is 6.28. The first-order valence-corrected chi connectivity index (χ1v) is 7.29. The summed E-state index contributed by atoms with van der Waals surface area (Å²) >= 11 is 18.3. The van der Waals surface area contributed by atoms with Crippen molar-refractivity contribution in [1.29, 1.82) is 0 Å². The number of benzene rings is 1. The SMILES string of the molecule is O=C(O)Cn1c(=O)cc(-c2c(Cl)cccc2Cl)sc1=S. The van der Waals surface area contributed by atoms with Crippen LogP contribution in [-0.2, 0) is 11.3 Å². The Balaban J connectivity index is 2.65. The Morgan fingerprint density at radius 2 is 1.95 bits per heavy atom. The van der Waals surface area contributed by atoms with Crippen molar-refractivity contribution >= 4 is 52.7 Å². The highest BCUT2D eigenvalue weighted by Crippen LogP contribution is 2.36. The molecule has 0 atom stereocenters. The van der Waals surface area contributed by atoms with Crippen molar-refractivity contribution in [2.75, 3.05) is 0 Å². The van der Waals surface area contributed by atoms with Crippen molar-refractivity contribution in [2.24, 2.45) is 0 Å². The van der Waals surface area contributed by atoms with Crippen molar-refractivity contribution in [3.8, 4) is 10.4 Å². The molecule has 0 aliphatic rings. The molecule has 1 aromatic carbocycles. The zero-order chi connectivity index (χ0) is 14.9. The van der Waals surface area contributed by atoms with E-state index in [2.05, 4.69) is 0 Å². The normalized spacial score (nSPS) is 10.5. The number of hydrogen-bond donors (Lipinski definition) is 1. The molecule has 104 valence electrons. The molecule has 0 radical (unpaired) electrons. The molecular weight excluding hydrogens is 341 g/mol. The van der Waals surface area contributed by atoms with Crippen LogP contribution in [0, 0.1) is 3.95 Å². The molecule has 0 aliphatic carbocycles. The molecule has 0 unspecified atom stereocenters. The topological polar surface area (TPSA) is 59.3 Å². The van der Waals surface area contributed by atoms with Crippen LogP contribution in [-0.4, -0.2) is 15.6 Å². The number of carbonyl (C=O) groups is 1. The van der Waals surface area contributed by atoms with E-state index in [9.17, 15) is 9.59 Å². The van der Waals surface area contributed by atoms with Crippen molar-refractivity contribution in [3.05, 3.63) is 48.6 Å². The summed E-state index contributed by atoms with van der Waals surface area (Å²) < 4.78 is 1.17. The van der Waals surface area contributed by atoms with Gasteiger partial charge in [-0.2, -0.15) is 0 Å². The van der Waals surface area contributed by atoms with Gasteiger partial charge in [-0.1, -0.05) is 29.3 Å². The molecule has 0 amide bonds. The third-order valence-electron chi connectivity index (χ3n) is 2.44. The molecule has 8 heteroatoms. The molecule has 0 aliphatic heterocycles. The van der Waals surface area contributed by atoms with Gasteiger partial charge in [-0.25, -0.2) is 0 Å². The lowest BCUT2D eigenvalue weighted by molar-refractivity contribution is -0.137. The molecule has 4 nitrogen and oxygen atoms in total. The molecule has 20 heavy (non-hydrogen) atoms. The zero-order valence-corrected chi connectivity index (χ0v) is 12.9. The molecular formula is C12H7Cl2NO3S2. The van der Waals surface area contributed by atoms with Crippen LogP contribution in [0.15, 0.2) is 29.1 Å². The third-order valence-corrected chi connectivity index (χ3v) is 4.48. The largest absolute Gasteiger partial charge is 0.480 e. The standard InChI is InChI=1S/C12H7Cl2NO3S2/c13-6-2-1-3-7(14)11(6)8-4-9(16)15(5-10(17)18)12(19)20-8/h1-4H,5H2,(H,17,18). The lowest BCUT2D eigenvalue weighted by atomic mass is 10.2. The predicted octanol–water partition coefficient (Wildman–Crippen LogP) is 3.70. The smallest absolute Gasteiger partial charge is 0.323 e. The van der Waals surface area contributed by atoms with Gasteiger partial charge in [0.15, 0.2) is 3.95 Å². The Hall–Kier alpha value is -1.21. The molecule has 1 heterocycles. The molecule has 1 N–H and O–H groups in total. The van der Waals surface area contributed by atoms with Crippen LogP contribution in [0.5, 0.6) is 0 Å². The molecule has 0 spiro atoms. The second-order valence-electron chi connectivity index (χ2n) is 3.79. The van der Waals surface area contributed by atoms with Crippen LogP contribution in [0.25, 0.3) is 10.4 Å². The molecule has 0 bridgehead atoms. The van der Waals surface area contributed by atoms with E-state index in [4.69, 9.17) is 40.5 Å². The highest BCUT2D eigenvalue weighted by molar-refractivity contribution is 7.73. The summed E-state index contributed by atoms with van der Waals surface area (Å²) in [5, 5.41) is 9.55. The summed E-state index contributed by atoms with van der Waals surface area (Å²) in [6.07, 6.45) is 0. The number of nitrogens with zero attached hydrogens (tertiary/aromatic N) is 1. The van der Waals surface area contributed by atoms with Crippen LogP contribution in [0.1, 0.15) is 0 Å². The number of hydrogen-bond acceptors (Lipinski definition) is 4. The van der Waals surface area contributed by atoms with E-state index >= 15 is 0 Å². The van der Waals surface area contributed by atoms with Crippen LogP contribution < -0.4 is 5.56 Å². The maximum absolute atomic E-state index is 11.9. The minimum Gasteiger partial charge on any atom is -0.480 e. The number of aliphatic carboxylic acids is 1. The van der Waals surface area contributed by atoms with Gasteiger partial charge in [-0.3, -0.25) is 14.2 Å². The number of aromatic nitrogens is 1. The van der Waals surface area contributed by atoms with Gasteiger partial charge in [-0.15, -0.1) is 11.3 Å². The first-order chi connectivity index (χ1) is 9.40. The van der Waals surface area contributed by atoms with Crippen LogP contribution in [0.2, 0.25) is 10.0 Å². The highest BCUT2D eigenvalue weighted by atomic mass is 35.5. The highest BCUT2D eigenvalue weighted by Gasteiger charge is 2.12. The molecule has 2 aromatic rings. The lowest BCUT2D eigenvalue weighted by Crippen LogP contribution is -2.23. The van der Waals surface area contributed by atoms with Gasteiger partial charge in [0.05, 0.1) is 10.0 Å².